The van der Waals surface area contributed by atoms with Gasteiger partial charge in [-0.2, -0.15) is 15.3 Å². The van der Waals surface area contributed by atoms with Gasteiger partial charge in [-0.05, 0) is 84.9 Å². The zero-order valence-corrected chi connectivity index (χ0v) is 27.1. The van der Waals surface area contributed by atoms with E-state index in [1.54, 1.807) is 30.3 Å². The molecule has 0 saturated heterocycles. The summed E-state index contributed by atoms with van der Waals surface area (Å²) in [4.78, 5) is 22.9. The largest absolute Gasteiger partial charge is 0.489 e. The van der Waals surface area contributed by atoms with Gasteiger partial charge in [0.05, 0.1) is 36.0 Å². The topological polar surface area (TPSA) is 120 Å². The number of carbonyl (C=O) groups is 2. The predicted octanol–water partition coefficient (Wildman–Crippen LogP) is 8.73. The first kappa shape index (κ1) is 35.9. The van der Waals surface area contributed by atoms with E-state index in [0.29, 0.717) is 47.9 Å². The SMILES string of the molecule is C#CC#CC#COCCOc1ccc(N=Nc2ccc(N=Nc3ccc(C=CC(=O)OCCCCOC(=O)C=C)cc3)cc2)c2ccccc12. The highest BCUT2D eigenvalue weighted by Gasteiger charge is 2.07. The molecule has 0 aromatic heterocycles. The zero-order valence-electron chi connectivity index (χ0n) is 27.1. The highest BCUT2D eigenvalue weighted by molar-refractivity contribution is 5.96. The molecular weight excluding hydrogens is 632 g/mol. The molecule has 0 spiro atoms. The molecule has 0 aliphatic carbocycles. The predicted molar refractivity (Wildman–Crippen MR) is 191 cm³/mol. The van der Waals surface area contributed by atoms with Crippen molar-refractivity contribution >= 4 is 51.5 Å². The maximum Gasteiger partial charge on any atom is 0.330 e. The number of hydrogen-bond acceptors (Lipinski definition) is 10. The van der Waals surface area contributed by atoms with Crippen LogP contribution in [-0.2, 0) is 23.8 Å². The van der Waals surface area contributed by atoms with Gasteiger partial charge in [0.25, 0.3) is 0 Å². The van der Waals surface area contributed by atoms with Crippen molar-refractivity contribution in [3.63, 3.8) is 0 Å². The summed E-state index contributed by atoms with van der Waals surface area (Å²) in [6.45, 7) is 4.39. The van der Waals surface area contributed by atoms with Crippen molar-refractivity contribution in [3.05, 3.63) is 109 Å². The Morgan fingerprint density at radius 1 is 0.680 bits per heavy atom. The molecule has 0 fully saturated rings. The molecule has 0 radical (unpaired) electrons. The number of hydrogen-bond donors (Lipinski definition) is 0. The van der Waals surface area contributed by atoms with E-state index in [2.05, 4.69) is 56.8 Å². The Balaban J connectivity index is 1.25. The Labute approximate surface area is 290 Å². The summed E-state index contributed by atoms with van der Waals surface area (Å²) < 4.78 is 21.1. The molecule has 248 valence electrons. The summed E-state index contributed by atoms with van der Waals surface area (Å²) in [5.74, 6) is 9.30. The fourth-order valence-electron chi connectivity index (χ4n) is 4.13. The molecule has 0 bridgehead atoms. The Bertz CT molecular complexity index is 2040. The molecule has 0 atom stereocenters. The highest BCUT2D eigenvalue weighted by Crippen LogP contribution is 2.34. The molecule has 0 saturated carbocycles. The maximum atomic E-state index is 11.9. The van der Waals surface area contributed by atoms with Gasteiger partial charge in [-0.15, -0.1) is 11.5 Å². The number of azo groups is 2. The summed E-state index contributed by atoms with van der Waals surface area (Å²) in [5.41, 5.74) is 3.46. The summed E-state index contributed by atoms with van der Waals surface area (Å²) in [6.07, 6.45) is 12.8. The molecule has 0 aliphatic heterocycles. The number of nitrogens with zero attached hydrogens (tertiary/aromatic N) is 4. The molecule has 50 heavy (non-hydrogen) atoms. The minimum atomic E-state index is -0.469. The van der Waals surface area contributed by atoms with Gasteiger partial charge in [-0.3, -0.25) is 0 Å². The Morgan fingerprint density at radius 2 is 1.30 bits per heavy atom. The first-order chi connectivity index (χ1) is 24.6. The minimum absolute atomic E-state index is 0.237. The summed E-state index contributed by atoms with van der Waals surface area (Å²) in [6, 6.07) is 25.9. The third-order valence-corrected chi connectivity index (χ3v) is 6.53. The summed E-state index contributed by atoms with van der Waals surface area (Å²) in [7, 11) is 0. The normalized spacial score (nSPS) is 10.5. The van der Waals surface area contributed by atoms with E-state index in [-0.39, 0.29) is 19.8 Å². The number of terminal acetylenes is 1. The third-order valence-electron chi connectivity index (χ3n) is 6.53. The molecule has 0 heterocycles. The molecule has 0 N–H and O–H groups in total. The number of esters is 2. The molecule has 0 aliphatic rings. The van der Waals surface area contributed by atoms with E-state index in [0.717, 1.165) is 22.4 Å². The van der Waals surface area contributed by atoms with E-state index in [9.17, 15) is 9.59 Å². The fraction of sp³-hybridized carbons (Fsp3) is 0.150. The molecular formula is C40H32N4O6. The van der Waals surface area contributed by atoms with Crippen LogP contribution in [0.25, 0.3) is 16.8 Å². The number of unbranched alkanes of at least 4 members (excludes halogenated alkanes) is 1. The summed E-state index contributed by atoms with van der Waals surface area (Å²) >= 11 is 0. The van der Waals surface area contributed by atoms with E-state index in [1.165, 1.54) is 6.08 Å². The van der Waals surface area contributed by atoms with E-state index in [4.69, 9.17) is 25.4 Å². The Morgan fingerprint density at radius 3 is 1.96 bits per heavy atom. The monoisotopic (exact) mass is 664 g/mol. The van der Waals surface area contributed by atoms with Gasteiger partial charge in [-0.1, -0.05) is 43.0 Å². The average molecular weight is 665 g/mol. The van der Waals surface area contributed by atoms with Crippen LogP contribution in [0, 0.1) is 36.2 Å². The van der Waals surface area contributed by atoms with Crippen LogP contribution in [0.15, 0.2) is 124 Å². The smallest absolute Gasteiger partial charge is 0.330 e. The van der Waals surface area contributed by atoms with Gasteiger partial charge in [-0.25, -0.2) is 9.59 Å². The first-order valence-corrected chi connectivity index (χ1v) is 15.5. The van der Waals surface area contributed by atoms with Gasteiger partial charge in [0.2, 0.25) is 0 Å². The average Bonchev–Trinajstić information content (AvgIpc) is 3.15. The van der Waals surface area contributed by atoms with Crippen LogP contribution < -0.4 is 4.74 Å². The van der Waals surface area contributed by atoms with Crippen molar-refractivity contribution in [1.82, 2.24) is 0 Å². The number of benzene rings is 4. The van der Waals surface area contributed by atoms with Crippen molar-refractivity contribution in [1.29, 1.82) is 0 Å². The molecule has 4 rings (SSSR count). The van der Waals surface area contributed by atoms with Gasteiger partial charge in [0, 0.05) is 34.8 Å². The molecule has 0 amide bonds. The van der Waals surface area contributed by atoms with Crippen molar-refractivity contribution in [3.8, 4) is 42.0 Å². The fourth-order valence-corrected chi connectivity index (χ4v) is 4.13. The van der Waals surface area contributed by atoms with Crippen molar-refractivity contribution in [2.45, 2.75) is 12.8 Å². The molecule has 10 heteroatoms. The second-order valence-corrected chi connectivity index (χ2v) is 10.0. The zero-order chi connectivity index (χ0) is 35.2. The maximum absolute atomic E-state index is 11.9. The number of ether oxygens (including phenoxy) is 4. The number of fused-ring (bicyclic) bond motifs is 1. The van der Waals surface area contributed by atoms with Crippen molar-refractivity contribution in [2.75, 3.05) is 26.4 Å². The molecule has 4 aromatic carbocycles. The lowest BCUT2D eigenvalue weighted by molar-refractivity contribution is -0.140. The van der Waals surface area contributed by atoms with Crippen LogP contribution >= 0.6 is 0 Å². The Hall–Kier alpha value is -6.96. The first-order valence-electron chi connectivity index (χ1n) is 15.5. The second-order valence-electron chi connectivity index (χ2n) is 10.0. The quantitative estimate of drug-likeness (QED) is 0.0388. The number of rotatable bonds is 16. The van der Waals surface area contributed by atoms with Crippen LogP contribution in [0.5, 0.6) is 5.75 Å². The lowest BCUT2D eigenvalue weighted by Crippen LogP contribution is -2.05. The molecule has 4 aromatic rings. The second kappa shape index (κ2) is 20.3. The van der Waals surface area contributed by atoms with Crippen LogP contribution in [0.3, 0.4) is 0 Å². The van der Waals surface area contributed by atoms with Crippen LogP contribution in [0.2, 0.25) is 0 Å². The standard InChI is InChI=1S/C40H32N4O6/c1-3-5-6-9-26-47-29-30-48-38-24-23-37(35-12-7-8-13-36(35)38)44-43-34-21-19-33(20-22-34)42-41-32-17-14-31(15-18-32)16-25-40(46)50-28-11-10-27-49-39(45)4-2/h1,4,7-8,12-25H,2,10-11,27-30H2. The minimum Gasteiger partial charge on any atom is -0.489 e. The lowest BCUT2D eigenvalue weighted by Gasteiger charge is -2.10. The van der Waals surface area contributed by atoms with E-state index >= 15 is 0 Å². The molecule has 0 unspecified atom stereocenters. The highest BCUT2D eigenvalue weighted by atomic mass is 16.5. The van der Waals surface area contributed by atoms with Crippen LogP contribution in [0.4, 0.5) is 22.7 Å². The Kier molecular flexibility index (Phi) is 14.6. The van der Waals surface area contributed by atoms with Gasteiger partial charge in [0.1, 0.15) is 25.1 Å². The molecule has 10 nitrogen and oxygen atoms in total. The van der Waals surface area contributed by atoms with Crippen LogP contribution in [0.1, 0.15) is 18.4 Å². The number of carbonyl (C=O) groups excluding carboxylic acids is 2. The third kappa shape index (κ3) is 12.3. The van der Waals surface area contributed by atoms with Crippen molar-refractivity contribution < 1.29 is 28.5 Å². The van der Waals surface area contributed by atoms with E-state index in [1.807, 2.05) is 60.7 Å². The van der Waals surface area contributed by atoms with Crippen molar-refractivity contribution in [2.24, 2.45) is 20.5 Å². The van der Waals surface area contributed by atoms with Crippen LogP contribution in [-0.4, -0.2) is 38.4 Å². The van der Waals surface area contributed by atoms with E-state index < -0.39 is 11.9 Å². The lowest BCUT2D eigenvalue weighted by atomic mass is 10.1. The van der Waals surface area contributed by atoms with Gasteiger partial charge < -0.3 is 18.9 Å². The summed E-state index contributed by atoms with van der Waals surface area (Å²) in [5, 5.41) is 19.2. The van der Waals surface area contributed by atoms with Gasteiger partial charge in [0.15, 0.2) is 0 Å². The van der Waals surface area contributed by atoms with Gasteiger partial charge >= 0.3 is 11.9 Å².